The Balaban J connectivity index is 3.58. The van der Waals surface area contributed by atoms with Gasteiger partial charge < -0.3 is 9.88 Å². The molecule has 0 aromatic carbocycles. The molecule has 1 amide bonds. The second kappa shape index (κ2) is 4.60. The molecule has 12 heavy (non-hydrogen) atoms. The Bertz CT molecular complexity index is 199. The number of hydroxylamine groups is 2. The predicted octanol–water partition coefficient (Wildman–Crippen LogP) is 0.00380. The van der Waals surface area contributed by atoms with Crippen molar-refractivity contribution in [1.29, 1.82) is 0 Å². The van der Waals surface area contributed by atoms with Gasteiger partial charge in [-0.05, 0) is 13.3 Å². The van der Waals surface area contributed by atoms with Gasteiger partial charge in [0.05, 0.1) is 13.7 Å². The largest absolute Gasteiger partial charge is 0.323 e. The highest BCUT2D eigenvalue weighted by Gasteiger charge is 2.09. The number of nitrogens with one attached hydrogen (secondary N) is 1. The minimum Gasteiger partial charge on any atom is -0.323 e. The van der Waals surface area contributed by atoms with Gasteiger partial charge >= 0.3 is 0 Å². The quantitative estimate of drug-likeness (QED) is 0.375. The fourth-order valence-corrected chi connectivity index (χ4v) is 1.20. The minimum absolute atomic E-state index is 0.0126. The molecule has 0 aromatic heterocycles. The van der Waals surface area contributed by atoms with Gasteiger partial charge in [0.25, 0.3) is 5.91 Å². The number of hydrogen-bond acceptors (Lipinski definition) is 4. The highest BCUT2D eigenvalue weighted by molar-refractivity contribution is 7.62. The van der Waals surface area contributed by atoms with Crippen molar-refractivity contribution < 1.29 is 14.6 Å². The lowest BCUT2D eigenvalue weighted by molar-refractivity contribution is -0.158. The van der Waals surface area contributed by atoms with Gasteiger partial charge in [-0.2, -0.15) is 0 Å². The van der Waals surface area contributed by atoms with Crippen molar-refractivity contribution in [2.24, 2.45) is 0 Å². The molecule has 0 saturated carbocycles. The lowest BCUT2D eigenvalue weighted by Crippen LogP contribution is -2.33. The second-order valence-corrected chi connectivity index (χ2v) is 6.54. The van der Waals surface area contributed by atoms with Crippen LogP contribution in [0.4, 0.5) is 0 Å². The summed E-state index contributed by atoms with van der Waals surface area (Å²) in [5.74, 6) is -0.441. The summed E-state index contributed by atoms with van der Waals surface area (Å²) in [5.41, 5.74) is 0. The highest BCUT2D eigenvalue weighted by atomic mass is 31.2. The third-order valence-electron chi connectivity index (χ3n) is 1.13. The maximum Gasteiger partial charge on any atom is 0.259 e. The van der Waals surface area contributed by atoms with Crippen LogP contribution in [0.15, 0.2) is 0 Å². The van der Waals surface area contributed by atoms with E-state index in [4.69, 9.17) is 5.21 Å². The van der Waals surface area contributed by atoms with E-state index in [2.05, 4.69) is 5.32 Å². The Hall–Kier alpha value is -0.380. The summed E-state index contributed by atoms with van der Waals surface area (Å²) >= 11 is 0. The van der Waals surface area contributed by atoms with E-state index in [1.807, 2.05) is 0 Å². The zero-order valence-corrected chi connectivity index (χ0v) is 8.47. The standard InChI is InChI=1S/C6H15N2O3P/c1-8(10)6(9)4-7-5-12(2,3)11/h7,10H,4-5H2,1-3H3. The minimum atomic E-state index is -2.12. The maximum absolute atomic E-state index is 11.1. The van der Waals surface area contributed by atoms with Gasteiger partial charge in [-0.1, -0.05) is 0 Å². The predicted molar refractivity (Wildman–Crippen MR) is 46.9 cm³/mol. The first kappa shape index (κ1) is 11.6. The Morgan fingerprint density at radius 1 is 1.58 bits per heavy atom. The zero-order valence-electron chi connectivity index (χ0n) is 7.57. The van der Waals surface area contributed by atoms with Crippen molar-refractivity contribution in [3.05, 3.63) is 0 Å². The first-order chi connectivity index (χ1) is 5.33. The molecule has 0 aromatic rings. The van der Waals surface area contributed by atoms with Gasteiger partial charge in [0.15, 0.2) is 0 Å². The summed E-state index contributed by atoms with van der Waals surface area (Å²) in [4.78, 5) is 10.8. The summed E-state index contributed by atoms with van der Waals surface area (Å²) in [6.45, 7) is 3.28. The molecule has 0 atom stereocenters. The smallest absolute Gasteiger partial charge is 0.259 e. The van der Waals surface area contributed by atoms with Crippen LogP contribution in [-0.4, -0.2) is 49.4 Å². The van der Waals surface area contributed by atoms with Crippen molar-refractivity contribution in [2.45, 2.75) is 0 Å². The van der Waals surface area contributed by atoms with Crippen LogP contribution in [0.25, 0.3) is 0 Å². The van der Waals surface area contributed by atoms with Crippen molar-refractivity contribution in [1.82, 2.24) is 10.4 Å². The highest BCUT2D eigenvalue weighted by Crippen LogP contribution is 2.33. The Labute approximate surface area is 72.1 Å². The number of rotatable bonds is 4. The summed E-state index contributed by atoms with van der Waals surface area (Å²) in [5, 5.41) is 11.8. The fraction of sp³-hybridized carbons (Fsp3) is 0.833. The van der Waals surface area contributed by atoms with Crippen LogP contribution in [0, 0.1) is 0 Å². The molecule has 0 heterocycles. The van der Waals surface area contributed by atoms with E-state index in [1.165, 1.54) is 7.05 Å². The molecule has 0 spiro atoms. The number of hydrogen-bond donors (Lipinski definition) is 2. The van der Waals surface area contributed by atoms with Gasteiger partial charge in [0.2, 0.25) is 0 Å². The molecule has 0 radical (unpaired) electrons. The molecular formula is C6H15N2O3P. The SMILES string of the molecule is CN(O)C(=O)CNCP(C)(C)=O. The molecule has 0 aliphatic heterocycles. The van der Waals surface area contributed by atoms with Crippen LogP contribution in [0.1, 0.15) is 0 Å². The van der Waals surface area contributed by atoms with E-state index in [0.717, 1.165) is 0 Å². The zero-order chi connectivity index (χ0) is 9.78. The van der Waals surface area contributed by atoms with Crippen molar-refractivity contribution in [2.75, 3.05) is 33.2 Å². The molecular weight excluding hydrogens is 179 g/mol. The summed E-state index contributed by atoms with van der Waals surface area (Å²) in [6, 6.07) is 0. The van der Waals surface area contributed by atoms with Gasteiger partial charge in [-0.25, -0.2) is 5.06 Å². The molecule has 72 valence electrons. The van der Waals surface area contributed by atoms with Gasteiger partial charge in [0.1, 0.15) is 0 Å². The monoisotopic (exact) mass is 194 g/mol. The van der Waals surface area contributed by atoms with Gasteiger partial charge in [-0.15, -0.1) is 0 Å². The Morgan fingerprint density at radius 2 is 2.08 bits per heavy atom. The molecule has 2 N–H and O–H groups in total. The van der Waals surface area contributed by atoms with Gasteiger partial charge in [0, 0.05) is 13.3 Å². The molecule has 0 aliphatic carbocycles. The molecule has 5 nitrogen and oxygen atoms in total. The fourth-order valence-electron chi connectivity index (χ4n) is 0.546. The van der Waals surface area contributed by atoms with Crippen molar-refractivity contribution in [3.8, 4) is 0 Å². The first-order valence-electron chi connectivity index (χ1n) is 3.53. The molecule has 0 unspecified atom stereocenters. The second-order valence-electron chi connectivity index (χ2n) is 3.08. The average molecular weight is 194 g/mol. The van der Waals surface area contributed by atoms with Crippen LogP contribution < -0.4 is 5.32 Å². The lowest BCUT2D eigenvalue weighted by atomic mass is 10.6. The normalized spacial score (nSPS) is 11.3. The molecule has 0 rings (SSSR count). The number of nitrogens with zero attached hydrogens (tertiary/aromatic N) is 1. The first-order valence-corrected chi connectivity index (χ1v) is 6.32. The van der Waals surface area contributed by atoms with E-state index >= 15 is 0 Å². The molecule has 0 aliphatic rings. The van der Waals surface area contributed by atoms with E-state index < -0.39 is 13.0 Å². The molecule has 0 fully saturated rings. The Kier molecular flexibility index (Phi) is 4.45. The topological polar surface area (TPSA) is 69.6 Å². The lowest BCUT2D eigenvalue weighted by Gasteiger charge is -2.10. The summed E-state index contributed by atoms with van der Waals surface area (Å²) in [7, 11) is -0.864. The Morgan fingerprint density at radius 3 is 2.42 bits per heavy atom. The van der Waals surface area contributed by atoms with E-state index in [0.29, 0.717) is 11.3 Å². The van der Waals surface area contributed by atoms with Gasteiger partial charge in [-0.3, -0.25) is 10.0 Å². The van der Waals surface area contributed by atoms with E-state index in [9.17, 15) is 9.36 Å². The van der Waals surface area contributed by atoms with Crippen molar-refractivity contribution in [3.63, 3.8) is 0 Å². The average Bonchev–Trinajstić information content (AvgIpc) is 1.84. The van der Waals surface area contributed by atoms with Crippen LogP contribution in [0.3, 0.4) is 0 Å². The van der Waals surface area contributed by atoms with Crippen molar-refractivity contribution >= 4 is 13.0 Å². The van der Waals surface area contributed by atoms with Crippen LogP contribution in [-0.2, 0) is 9.36 Å². The number of likely N-dealkylation sites (N-methyl/N-ethyl adjacent to an activating group) is 1. The maximum atomic E-state index is 11.1. The third kappa shape index (κ3) is 6.34. The van der Waals surface area contributed by atoms with E-state index in [-0.39, 0.29) is 6.54 Å². The summed E-state index contributed by atoms with van der Waals surface area (Å²) < 4.78 is 11.1. The molecule has 0 saturated heterocycles. The van der Waals surface area contributed by atoms with Crippen LogP contribution >= 0.6 is 7.14 Å². The number of amides is 1. The van der Waals surface area contributed by atoms with Crippen LogP contribution in [0.2, 0.25) is 0 Å². The number of carbonyl (C=O) groups is 1. The summed E-state index contributed by atoms with van der Waals surface area (Å²) in [6.07, 6.45) is 0.312. The van der Waals surface area contributed by atoms with E-state index in [1.54, 1.807) is 13.3 Å². The van der Waals surface area contributed by atoms with Crippen LogP contribution in [0.5, 0.6) is 0 Å². The molecule has 6 heteroatoms. The number of carbonyl (C=O) groups excluding carboxylic acids is 1. The molecule has 0 bridgehead atoms. The third-order valence-corrected chi connectivity index (χ3v) is 2.11.